The van der Waals surface area contributed by atoms with Crippen LogP contribution >= 0.6 is 0 Å². The summed E-state index contributed by atoms with van der Waals surface area (Å²) in [6.45, 7) is 0.603. The van der Waals surface area contributed by atoms with Crippen molar-refractivity contribution in [3.05, 3.63) is 54.7 Å². The van der Waals surface area contributed by atoms with Gasteiger partial charge in [-0.15, -0.1) is 0 Å². The van der Waals surface area contributed by atoms with Gasteiger partial charge in [0.1, 0.15) is 17.9 Å². The molecular formula is C21H17N3O4. The normalized spacial score (nSPS) is 11.4. The van der Waals surface area contributed by atoms with Gasteiger partial charge in [-0.2, -0.15) is 0 Å². The molecule has 1 aliphatic rings. The molecule has 0 spiro atoms. The van der Waals surface area contributed by atoms with Crippen molar-refractivity contribution in [1.82, 2.24) is 10.3 Å². The fourth-order valence-electron chi connectivity index (χ4n) is 2.69. The van der Waals surface area contributed by atoms with Crippen LogP contribution in [0.2, 0.25) is 0 Å². The highest BCUT2D eigenvalue weighted by atomic mass is 16.7. The number of amides is 2. The molecule has 2 heterocycles. The third-order valence-electron chi connectivity index (χ3n) is 3.99. The van der Waals surface area contributed by atoms with Crippen LogP contribution in [0.4, 0.5) is 10.5 Å². The van der Waals surface area contributed by atoms with E-state index in [-0.39, 0.29) is 26.0 Å². The van der Waals surface area contributed by atoms with Crippen molar-refractivity contribution in [1.29, 1.82) is 0 Å². The number of para-hydroxylation sites is 1. The van der Waals surface area contributed by atoms with Gasteiger partial charge in [-0.25, -0.2) is 4.79 Å². The number of carbonyl (C=O) groups excluding carboxylic acids is 1. The van der Waals surface area contributed by atoms with E-state index in [2.05, 4.69) is 27.5 Å². The minimum atomic E-state index is -0.354. The molecule has 1 aromatic heterocycles. The zero-order chi connectivity index (χ0) is 19.2. The largest absolute Gasteiger partial charge is 0.479 e. The first-order chi connectivity index (χ1) is 13.8. The van der Waals surface area contributed by atoms with Crippen LogP contribution in [0.3, 0.4) is 0 Å². The molecule has 140 valence electrons. The zero-order valence-electron chi connectivity index (χ0n) is 14.9. The predicted molar refractivity (Wildman–Crippen MR) is 105 cm³/mol. The summed E-state index contributed by atoms with van der Waals surface area (Å²) in [5.74, 6) is 7.68. The molecule has 2 N–H and O–H groups in total. The molecule has 0 bridgehead atoms. The van der Waals surface area contributed by atoms with Crippen LogP contribution in [-0.2, 0) is 0 Å². The highest BCUT2D eigenvalue weighted by molar-refractivity contribution is 5.89. The van der Waals surface area contributed by atoms with Gasteiger partial charge in [0, 0.05) is 23.3 Å². The first-order valence-corrected chi connectivity index (χ1v) is 8.66. The molecule has 3 aromatic rings. The Hall–Kier alpha value is -3.92. The first kappa shape index (κ1) is 17.5. The van der Waals surface area contributed by atoms with Crippen molar-refractivity contribution < 1.29 is 19.0 Å². The Balaban J connectivity index is 1.23. The lowest BCUT2D eigenvalue weighted by molar-refractivity contribution is 0.174. The maximum absolute atomic E-state index is 11.9. The molecule has 0 unspecified atom stereocenters. The lowest BCUT2D eigenvalue weighted by Gasteiger charge is -2.06. The fourth-order valence-corrected chi connectivity index (χ4v) is 2.69. The van der Waals surface area contributed by atoms with E-state index in [0.717, 1.165) is 10.9 Å². The summed E-state index contributed by atoms with van der Waals surface area (Å²) in [5, 5.41) is 6.39. The molecular weight excluding hydrogens is 358 g/mol. The van der Waals surface area contributed by atoms with Gasteiger partial charge < -0.3 is 24.8 Å². The van der Waals surface area contributed by atoms with Crippen LogP contribution in [0.1, 0.15) is 0 Å². The lowest BCUT2D eigenvalue weighted by atomic mass is 10.2. The molecule has 2 amide bonds. The standard InChI is InChI=1S/C21H17N3O4/c25-21(24-16-8-9-17-19(13-16)28-14-27-17)23-10-1-2-12-26-18-7-3-5-15-6-4-11-22-20(15)18/h3-9,11,13H,10,12,14H2,(H2,23,24,25). The average Bonchev–Trinajstić information content (AvgIpc) is 3.18. The number of pyridine rings is 1. The summed E-state index contributed by atoms with van der Waals surface area (Å²) in [6.07, 6.45) is 1.73. The molecule has 7 nitrogen and oxygen atoms in total. The van der Waals surface area contributed by atoms with Gasteiger partial charge in [0.25, 0.3) is 0 Å². The second kappa shape index (κ2) is 8.18. The topological polar surface area (TPSA) is 81.7 Å². The summed E-state index contributed by atoms with van der Waals surface area (Å²) in [5.41, 5.74) is 1.41. The molecule has 0 fully saturated rings. The van der Waals surface area contributed by atoms with E-state index in [1.54, 1.807) is 24.4 Å². The van der Waals surface area contributed by atoms with E-state index in [9.17, 15) is 4.79 Å². The van der Waals surface area contributed by atoms with Gasteiger partial charge >= 0.3 is 6.03 Å². The predicted octanol–water partition coefficient (Wildman–Crippen LogP) is 3.17. The monoisotopic (exact) mass is 375 g/mol. The van der Waals surface area contributed by atoms with Crippen LogP contribution in [0.5, 0.6) is 17.2 Å². The van der Waals surface area contributed by atoms with Crippen LogP contribution in [-0.4, -0.2) is 31.0 Å². The van der Waals surface area contributed by atoms with Gasteiger partial charge in [-0.3, -0.25) is 4.98 Å². The molecule has 0 radical (unpaired) electrons. The van der Waals surface area contributed by atoms with Crippen LogP contribution in [0.25, 0.3) is 10.9 Å². The highest BCUT2D eigenvalue weighted by Gasteiger charge is 2.13. The average molecular weight is 375 g/mol. The third kappa shape index (κ3) is 4.07. The Bertz CT molecular complexity index is 1070. The zero-order valence-corrected chi connectivity index (χ0v) is 14.9. The van der Waals surface area contributed by atoms with Crippen molar-refractivity contribution in [3.8, 4) is 29.1 Å². The minimum Gasteiger partial charge on any atom is -0.479 e. The molecule has 0 atom stereocenters. The van der Waals surface area contributed by atoms with Crippen molar-refractivity contribution in [2.24, 2.45) is 0 Å². The summed E-state index contributed by atoms with van der Waals surface area (Å²) >= 11 is 0. The van der Waals surface area contributed by atoms with Crippen molar-refractivity contribution in [2.45, 2.75) is 0 Å². The maximum atomic E-state index is 11.9. The van der Waals surface area contributed by atoms with E-state index in [0.29, 0.717) is 22.9 Å². The quantitative estimate of drug-likeness (QED) is 0.685. The van der Waals surface area contributed by atoms with Gasteiger partial charge in [-0.1, -0.05) is 30.0 Å². The van der Waals surface area contributed by atoms with E-state index < -0.39 is 0 Å². The highest BCUT2D eigenvalue weighted by Crippen LogP contribution is 2.34. The van der Waals surface area contributed by atoms with Crippen molar-refractivity contribution in [2.75, 3.05) is 25.3 Å². The van der Waals surface area contributed by atoms with Gasteiger partial charge in [0.2, 0.25) is 6.79 Å². The number of urea groups is 1. The van der Waals surface area contributed by atoms with Gasteiger partial charge in [-0.05, 0) is 24.3 Å². The number of ether oxygens (including phenoxy) is 3. The number of fused-ring (bicyclic) bond motifs is 2. The fraction of sp³-hybridized carbons (Fsp3) is 0.143. The van der Waals surface area contributed by atoms with Crippen molar-refractivity contribution >= 4 is 22.6 Å². The second-order valence-corrected chi connectivity index (χ2v) is 5.85. The van der Waals surface area contributed by atoms with E-state index in [1.807, 2.05) is 30.3 Å². The van der Waals surface area contributed by atoms with E-state index >= 15 is 0 Å². The lowest BCUT2D eigenvalue weighted by Crippen LogP contribution is -2.28. The molecule has 7 heteroatoms. The van der Waals surface area contributed by atoms with E-state index in [1.165, 1.54) is 0 Å². The number of aromatic nitrogens is 1. The summed E-state index contributed by atoms with van der Waals surface area (Å²) in [7, 11) is 0. The third-order valence-corrected chi connectivity index (χ3v) is 3.99. The molecule has 28 heavy (non-hydrogen) atoms. The Morgan fingerprint density at radius 2 is 2.00 bits per heavy atom. The summed E-state index contributed by atoms with van der Waals surface area (Å²) in [6, 6.07) is 14.4. The molecule has 0 saturated carbocycles. The van der Waals surface area contributed by atoms with Gasteiger partial charge in [0.05, 0.1) is 6.54 Å². The second-order valence-electron chi connectivity index (χ2n) is 5.85. The molecule has 2 aromatic carbocycles. The summed E-state index contributed by atoms with van der Waals surface area (Å²) in [4.78, 5) is 16.2. The van der Waals surface area contributed by atoms with E-state index in [4.69, 9.17) is 14.2 Å². The minimum absolute atomic E-state index is 0.192. The molecule has 4 rings (SSSR count). The van der Waals surface area contributed by atoms with Crippen LogP contribution in [0.15, 0.2) is 54.7 Å². The Kier molecular flexibility index (Phi) is 5.11. The summed E-state index contributed by atoms with van der Waals surface area (Å²) < 4.78 is 16.2. The molecule has 1 aliphatic heterocycles. The maximum Gasteiger partial charge on any atom is 0.319 e. The Morgan fingerprint density at radius 3 is 2.96 bits per heavy atom. The number of benzene rings is 2. The number of rotatable bonds is 4. The molecule has 0 aliphatic carbocycles. The van der Waals surface area contributed by atoms with Crippen LogP contribution < -0.4 is 24.8 Å². The SMILES string of the molecule is O=C(NCC#CCOc1cccc2cccnc12)Nc1ccc2c(c1)OCO2. The van der Waals surface area contributed by atoms with Crippen molar-refractivity contribution in [3.63, 3.8) is 0 Å². The number of hydrogen-bond acceptors (Lipinski definition) is 5. The number of nitrogens with zero attached hydrogens (tertiary/aromatic N) is 1. The van der Waals surface area contributed by atoms with Crippen LogP contribution in [0, 0.1) is 11.8 Å². The van der Waals surface area contributed by atoms with Gasteiger partial charge in [0.15, 0.2) is 11.5 Å². The Morgan fingerprint density at radius 1 is 1.11 bits per heavy atom. The smallest absolute Gasteiger partial charge is 0.319 e. The number of nitrogens with one attached hydrogen (secondary N) is 2. The number of hydrogen-bond donors (Lipinski definition) is 2. The number of anilines is 1. The number of carbonyl (C=O) groups is 1. The first-order valence-electron chi connectivity index (χ1n) is 8.66. The Labute approximate surface area is 161 Å². The molecule has 0 saturated heterocycles.